The third-order valence-corrected chi connectivity index (χ3v) is 2.91. The number of benzene rings is 1. The first-order valence-electron chi connectivity index (χ1n) is 5.14. The monoisotopic (exact) mass is 197 g/mol. The van der Waals surface area contributed by atoms with Crippen molar-refractivity contribution in [3.05, 3.63) is 64.1 Å². The summed E-state index contributed by atoms with van der Waals surface area (Å²) in [5, 5.41) is 0. The zero-order valence-electron chi connectivity index (χ0n) is 8.31. The Morgan fingerprint density at radius 2 is 1.93 bits per heavy atom. The molecule has 15 heavy (non-hydrogen) atoms. The summed E-state index contributed by atoms with van der Waals surface area (Å²) in [6.45, 7) is 0. The van der Waals surface area contributed by atoms with E-state index in [1.807, 2.05) is 12.3 Å². The molecule has 0 amide bonds. The second-order valence-electron chi connectivity index (χ2n) is 3.85. The Labute approximate surface area is 87.8 Å². The lowest BCUT2D eigenvalue weighted by Crippen LogP contribution is -2.16. The molecule has 2 heteroatoms. The van der Waals surface area contributed by atoms with Gasteiger partial charge in [-0.25, -0.2) is 0 Å². The van der Waals surface area contributed by atoms with Crippen LogP contribution in [-0.2, 0) is 12.8 Å². The summed E-state index contributed by atoms with van der Waals surface area (Å²) in [4.78, 5) is 11.2. The summed E-state index contributed by atoms with van der Waals surface area (Å²) in [5.74, 6) is 0. The summed E-state index contributed by atoms with van der Waals surface area (Å²) in [7, 11) is 0. The zero-order valence-corrected chi connectivity index (χ0v) is 8.31. The van der Waals surface area contributed by atoms with Crippen LogP contribution in [0.25, 0.3) is 5.69 Å². The van der Waals surface area contributed by atoms with Crippen molar-refractivity contribution >= 4 is 0 Å². The van der Waals surface area contributed by atoms with E-state index < -0.39 is 0 Å². The molecule has 0 aliphatic carbocycles. The average molecular weight is 197 g/mol. The van der Waals surface area contributed by atoms with Gasteiger partial charge in [-0.1, -0.05) is 18.2 Å². The molecule has 3 rings (SSSR count). The molecule has 0 N–H and O–H groups in total. The molecule has 0 spiro atoms. The molecular formula is C13H11NO. The lowest BCUT2D eigenvalue weighted by atomic mass is 10.0. The van der Waals surface area contributed by atoms with Crippen LogP contribution in [-0.4, -0.2) is 4.57 Å². The number of hydrogen-bond acceptors (Lipinski definition) is 1. The van der Waals surface area contributed by atoms with Crippen molar-refractivity contribution in [2.45, 2.75) is 12.8 Å². The van der Waals surface area contributed by atoms with Crippen LogP contribution in [0, 0.1) is 0 Å². The fourth-order valence-electron chi connectivity index (χ4n) is 2.17. The Kier molecular flexibility index (Phi) is 1.75. The van der Waals surface area contributed by atoms with Crippen LogP contribution in [0.2, 0.25) is 0 Å². The van der Waals surface area contributed by atoms with Crippen LogP contribution in [0.4, 0.5) is 0 Å². The molecule has 0 unspecified atom stereocenters. The highest BCUT2D eigenvalue weighted by Crippen LogP contribution is 2.22. The van der Waals surface area contributed by atoms with E-state index in [0.717, 1.165) is 18.5 Å². The molecule has 1 aliphatic heterocycles. The smallest absolute Gasteiger partial charge is 0.181 e. The van der Waals surface area contributed by atoms with Crippen molar-refractivity contribution in [2.24, 2.45) is 0 Å². The van der Waals surface area contributed by atoms with E-state index in [9.17, 15) is 4.79 Å². The van der Waals surface area contributed by atoms with Gasteiger partial charge in [0.25, 0.3) is 0 Å². The molecule has 0 fully saturated rings. The maximum absolute atomic E-state index is 11.2. The van der Waals surface area contributed by atoms with Gasteiger partial charge in [-0.05, 0) is 24.5 Å². The van der Waals surface area contributed by atoms with Crippen LogP contribution in [0.1, 0.15) is 11.3 Å². The number of para-hydroxylation sites is 1. The minimum Gasteiger partial charge on any atom is -0.320 e. The second-order valence-corrected chi connectivity index (χ2v) is 3.85. The Hall–Kier alpha value is -1.83. The first kappa shape index (κ1) is 8.48. The minimum absolute atomic E-state index is 0.0978. The van der Waals surface area contributed by atoms with Crippen LogP contribution in [0.15, 0.2) is 47.4 Å². The van der Waals surface area contributed by atoms with Crippen molar-refractivity contribution in [2.75, 3.05) is 0 Å². The third-order valence-electron chi connectivity index (χ3n) is 2.91. The molecule has 2 nitrogen and oxygen atoms in total. The lowest BCUT2D eigenvalue weighted by molar-refractivity contribution is 0.789. The molecular weight excluding hydrogens is 186 g/mol. The molecule has 2 aromatic rings. The maximum Gasteiger partial charge on any atom is 0.181 e. The second kappa shape index (κ2) is 3.09. The van der Waals surface area contributed by atoms with Crippen molar-refractivity contribution in [1.29, 1.82) is 0 Å². The van der Waals surface area contributed by atoms with E-state index in [1.54, 1.807) is 12.1 Å². The van der Waals surface area contributed by atoms with E-state index in [4.69, 9.17) is 0 Å². The first-order chi connectivity index (χ1) is 7.34. The van der Waals surface area contributed by atoms with Crippen LogP contribution >= 0.6 is 0 Å². The fraction of sp³-hybridized carbons (Fsp3) is 0.154. The molecule has 1 aromatic heterocycles. The van der Waals surface area contributed by atoms with Gasteiger partial charge in [0, 0.05) is 29.7 Å². The third kappa shape index (κ3) is 1.30. The lowest BCUT2D eigenvalue weighted by Gasteiger charge is -2.21. The van der Waals surface area contributed by atoms with Gasteiger partial charge in [0.05, 0.1) is 0 Å². The Morgan fingerprint density at radius 3 is 2.87 bits per heavy atom. The number of pyridine rings is 1. The van der Waals surface area contributed by atoms with Gasteiger partial charge in [0.1, 0.15) is 0 Å². The van der Waals surface area contributed by atoms with E-state index in [2.05, 4.69) is 22.8 Å². The number of fused-ring (bicyclic) bond motifs is 3. The Bertz CT molecular complexity index is 569. The van der Waals surface area contributed by atoms with Gasteiger partial charge in [-0.15, -0.1) is 0 Å². The average Bonchev–Trinajstić information content (AvgIpc) is 2.28. The molecule has 0 saturated heterocycles. The van der Waals surface area contributed by atoms with Crippen LogP contribution in [0.3, 0.4) is 0 Å². The summed E-state index contributed by atoms with van der Waals surface area (Å²) in [6.07, 6.45) is 3.85. The highest BCUT2D eigenvalue weighted by molar-refractivity contribution is 5.45. The maximum atomic E-state index is 11.2. The molecule has 2 heterocycles. The van der Waals surface area contributed by atoms with E-state index in [0.29, 0.717) is 0 Å². The molecule has 74 valence electrons. The molecule has 0 radical (unpaired) electrons. The Morgan fingerprint density at radius 1 is 1.07 bits per heavy atom. The first-order valence-corrected chi connectivity index (χ1v) is 5.14. The van der Waals surface area contributed by atoms with Crippen molar-refractivity contribution in [1.82, 2.24) is 4.57 Å². The summed E-state index contributed by atoms with van der Waals surface area (Å²) in [5.41, 5.74) is 3.77. The molecule has 0 saturated carbocycles. The van der Waals surface area contributed by atoms with E-state index in [-0.39, 0.29) is 5.43 Å². The highest BCUT2D eigenvalue weighted by atomic mass is 16.1. The number of aryl methyl sites for hydroxylation is 2. The molecule has 1 aliphatic rings. The fourth-order valence-corrected chi connectivity index (χ4v) is 2.17. The van der Waals surface area contributed by atoms with Gasteiger partial charge in [0.15, 0.2) is 5.43 Å². The summed E-state index contributed by atoms with van der Waals surface area (Å²) >= 11 is 0. The van der Waals surface area contributed by atoms with Crippen molar-refractivity contribution < 1.29 is 0 Å². The van der Waals surface area contributed by atoms with Crippen molar-refractivity contribution in [3.63, 3.8) is 0 Å². The van der Waals surface area contributed by atoms with Crippen molar-refractivity contribution in [3.8, 4) is 5.69 Å². The minimum atomic E-state index is 0.0978. The normalized spacial score (nSPS) is 13.1. The number of rotatable bonds is 0. The number of aromatic nitrogens is 1. The van der Waals surface area contributed by atoms with Crippen LogP contribution in [0.5, 0.6) is 0 Å². The molecule has 1 aromatic carbocycles. The molecule has 0 atom stereocenters. The van der Waals surface area contributed by atoms with E-state index >= 15 is 0 Å². The van der Waals surface area contributed by atoms with Gasteiger partial charge < -0.3 is 4.57 Å². The van der Waals surface area contributed by atoms with Gasteiger partial charge >= 0.3 is 0 Å². The zero-order chi connectivity index (χ0) is 10.3. The standard InChI is InChI=1S/C13H11NO/c15-12-7-8-14-11(9-12)6-5-10-3-1-2-4-13(10)14/h1-4,7-9H,5-6H2. The largest absolute Gasteiger partial charge is 0.320 e. The van der Waals surface area contributed by atoms with Crippen LogP contribution < -0.4 is 5.43 Å². The highest BCUT2D eigenvalue weighted by Gasteiger charge is 2.13. The van der Waals surface area contributed by atoms with Gasteiger partial charge in [-0.2, -0.15) is 0 Å². The topological polar surface area (TPSA) is 22.0 Å². The quantitative estimate of drug-likeness (QED) is 0.632. The van der Waals surface area contributed by atoms with Gasteiger partial charge in [0.2, 0.25) is 0 Å². The Balaban J connectivity index is 2.30. The SMILES string of the molecule is O=c1ccn2c(c1)CCc1ccccc1-2. The molecule has 0 bridgehead atoms. The summed E-state index contributed by atoms with van der Waals surface area (Å²) < 4.78 is 2.11. The summed E-state index contributed by atoms with van der Waals surface area (Å²) in [6, 6.07) is 11.7. The predicted octanol–water partition coefficient (Wildman–Crippen LogP) is 1.94. The van der Waals surface area contributed by atoms with Gasteiger partial charge in [-0.3, -0.25) is 4.79 Å². The number of hydrogen-bond donors (Lipinski definition) is 0. The number of nitrogens with zero attached hydrogens (tertiary/aromatic N) is 1. The predicted molar refractivity (Wildman–Crippen MR) is 59.4 cm³/mol. The van der Waals surface area contributed by atoms with E-state index in [1.165, 1.54) is 11.3 Å².